The van der Waals surface area contributed by atoms with Crippen LogP contribution in [0.25, 0.3) is 0 Å². The van der Waals surface area contributed by atoms with E-state index >= 15 is 0 Å². The summed E-state index contributed by atoms with van der Waals surface area (Å²) in [7, 11) is -3.59. The van der Waals surface area contributed by atoms with Crippen molar-refractivity contribution in [1.82, 2.24) is 10.3 Å². The van der Waals surface area contributed by atoms with E-state index in [0.717, 1.165) is 5.56 Å². The molecule has 3 rings (SSSR count). The van der Waals surface area contributed by atoms with Gasteiger partial charge in [0.05, 0.1) is 23.6 Å². The van der Waals surface area contributed by atoms with E-state index in [1.54, 1.807) is 41.9 Å². The van der Waals surface area contributed by atoms with Crippen LogP contribution < -0.4 is 11.1 Å². The van der Waals surface area contributed by atoms with E-state index < -0.39 is 39.7 Å². The van der Waals surface area contributed by atoms with Gasteiger partial charge >= 0.3 is 0 Å². The van der Waals surface area contributed by atoms with Crippen molar-refractivity contribution in [2.45, 2.75) is 36.8 Å². The summed E-state index contributed by atoms with van der Waals surface area (Å²) >= 11 is 1.29. The number of thiazole rings is 1. The Morgan fingerprint density at radius 1 is 1.06 bits per heavy atom. The summed E-state index contributed by atoms with van der Waals surface area (Å²) in [5, 5.41) is 15.8. The maximum absolute atomic E-state index is 12.7. The van der Waals surface area contributed by atoms with Gasteiger partial charge in [-0.25, -0.2) is 13.4 Å². The Labute approximate surface area is 192 Å². The van der Waals surface area contributed by atoms with E-state index in [1.165, 1.54) is 11.3 Å². The minimum Gasteiger partial charge on any atom is -0.384 e. The minimum absolute atomic E-state index is 0.187. The number of aryl methyl sites for hydroxylation is 1. The van der Waals surface area contributed by atoms with Crippen molar-refractivity contribution in [3.63, 3.8) is 0 Å². The number of nitrogens with one attached hydrogen (secondary N) is 1. The zero-order valence-corrected chi connectivity index (χ0v) is 19.1. The van der Waals surface area contributed by atoms with Crippen molar-refractivity contribution in [3.05, 3.63) is 88.4 Å². The van der Waals surface area contributed by atoms with Gasteiger partial charge in [-0.15, -0.1) is 11.3 Å². The first kappa shape index (κ1) is 24.1. The molecule has 1 aromatic heterocycles. The fraction of sp³-hybridized carbons (Fsp3) is 0.304. The Bertz CT molecular complexity index is 1070. The van der Waals surface area contributed by atoms with Gasteiger partial charge in [0.2, 0.25) is 5.91 Å². The standard InChI is InChI=1S/C23H27N3O4S2/c24-19(16-32(29,30)15-18-9-5-2-6-10-18)22(28)26-20(21(27)23-25-13-14-31-23)12-11-17-7-3-1-4-8-17/h1-10,13-14,19-21,27H,11-12,15-16,24H2,(H,26,28)/t19?,20-,21+/m1/s1. The number of carbonyl (C=O) groups excluding carboxylic acids is 1. The molecule has 0 radical (unpaired) electrons. The van der Waals surface area contributed by atoms with Crippen molar-refractivity contribution in [2.24, 2.45) is 5.73 Å². The third-order valence-corrected chi connectivity index (χ3v) is 7.49. The van der Waals surface area contributed by atoms with Crippen molar-refractivity contribution in [2.75, 3.05) is 5.75 Å². The second kappa shape index (κ2) is 11.3. The minimum atomic E-state index is -3.59. The number of benzene rings is 2. The van der Waals surface area contributed by atoms with Crippen LogP contribution in [0.1, 0.15) is 28.7 Å². The normalized spacial score (nSPS) is 14.4. The summed E-state index contributed by atoms with van der Waals surface area (Å²) in [5.41, 5.74) is 7.65. The Kier molecular flexibility index (Phi) is 8.52. The average Bonchev–Trinajstić information content (AvgIpc) is 3.31. The van der Waals surface area contributed by atoms with E-state index in [0.29, 0.717) is 23.4 Å². The van der Waals surface area contributed by atoms with Crippen LogP contribution in [0.15, 0.2) is 72.2 Å². The molecule has 9 heteroatoms. The molecule has 0 aliphatic carbocycles. The molecular weight excluding hydrogens is 446 g/mol. The molecule has 0 aliphatic heterocycles. The third-order valence-electron chi connectivity index (χ3n) is 5.00. The number of hydrogen-bond donors (Lipinski definition) is 3. The molecule has 4 N–H and O–H groups in total. The van der Waals surface area contributed by atoms with Gasteiger partial charge in [-0.1, -0.05) is 60.7 Å². The lowest BCUT2D eigenvalue weighted by molar-refractivity contribution is -0.123. The second-order valence-electron chi connectivity index (χ2n) is 7.60. The number of sulfone groups is 1. The topological polar surface area (TPSA) is 122 Å². The van der Waals surface area contributed by atoms with Crippen LogP contribution in [0.3, 0.4) is 0 Å². The number of amides is 1. The molecule has 170 valence electrons. The van der Waals surface area contributed by atoms with E-state index in [1.807, 2.05) is 30.3 Å². The summed E-state index contributed by atoms with van der Waals surface area (Å²) in [4.78, 5) is 16.9. The monoisotopic (exact) mass is 473 g/mol. The molecule has 0 bridgehead atoms. The average molecular weight is 474 g/mol. The molecule has 0 saturated heterocycles. The van der Waals surface area contributed by atoms with Gasteiger partial charge in [-0.05, 0) is 24.0 Å². The van der Waals surface area contributed by atoms with Crippen LogP contribution in [0, 0.1) is 0 Å². The van der Waals surface area contributed by atoms with Gasteiger partial charge in [0.15, 0.2) is 9.84 Å². The van der Waals surface area contributed by atoms with E-state index in [4.69, 9.17) is 5.73 Å². The molecule has 3 aromatic rings. The fourth-order valence-electron chi connectivity index (χ4n) is 3.35. The highest BCUT2D eigenvalue weighted by atomic mass is 32.2. The smallest absolute Gasteiger partial charge is 0.238 e. The largest absolute Gasteiger partial charge is 0.384 e. The summed E-state index contributed by atoms with van der Waals surface area (Å²) in [6.45, 7) is 0. The lowest BCUT2D eigenvalue weighted by atomic mass is 10.0. The summed E-state index contributed by atoms with van der Waals surface area (Å²) in [6.07, 6.45) is 1.63. The van der Waals surface area contributed by atoms with Gasteiger partial charge in [0.25, 0.3) is 0 Å². The Balaban J connectivity index is 1.65. The second-order valence-corrected chi connectivity index (χ2v) is 10.6. The molecule has 3 atom stereocenters. The Morgan fingerprint density at radius 2 is 1.69 bits per heavy atom. The van der Waals surface area contributed by atoms with Crippen LogP contribution in [-0.2, 0) is 26.8 Å². The zero-order valence-electron chi connectivity index (χ0n) is 17.5. The SMILES string of the molecule is NC(CS(=O)(=O)Cc1ccccc1)C(=O)N[C@H](CCc1ccccc1)[C@H](O)c1nccs1. The lowest BCUT2D eigenvalue weighted by Gasteiger charge is -2.24. The first-order valence-electron chi connectivity index (χ1n) is 10.3. The first-order chi connectivity index (χ1) is 15.3. The number of nitrogens with zero attached hydrogens (tertiary/aromatic N) is 1. The van der Waals surface area contributed by atoms with Crippen molar-refractivity contribution >= 4 is 27.1 Å². The molecule has 0 saturated carbocycles. The summed E-state index contributed by atoms with van der Waals surface area (Å²) < 4.78 is 25.0. The Morgan fingerprint density at radius 3 is 2.28 bits per heavy atom. The number of aliphatic hydroxyl groups excluding tert-OH is 1. The molecule has 1 amide bonds. The van der Waals surface area contributed by atoms with Crippen molar-refractivity contribution in [3.8, 4) is 0 Å². The van der Waals surface area contributed by atoms with E-state index in [9.17, 15) is 18.3 Å². The van der Waals surface area contributed by atoms with Gasteiger partial charge in [0.1, 0.15) is 11.1 Å². The number of hydrogen-bond acceptors (Lipinski definition) is 7. The molecule has 32 heavy (non-hydrogen) atoms. The highest BCUT2D eigenvalue weighted by Gasteiger charge is 2.29. The fourth-order valence-corrected chi connectivity index (χ4v) is 5.56. The van der Waals surface area contributed by atoms with Crippen LogP contribution in [0.5, 0.6) is 0 Å². The first-order valence-corrected chi connectivity index (χ1v) is 13.0. The number of carbonyl (C=O) groups is 1. The third kappa shape index (κ3) is 7.23. The maximum atomic E-state index is 12.7. The molecule has 1 heterocycles. The molecule has 7 nitrogen and oxygen atoms in total. The molecular formula is C23H27N3O4S2. The van der Waals surface area contributed by atoms with Crippen molar-refractivity contribution < 1.29 is 18.3 Å². The summed E-state index contributed by atoms with van der Waals surface area (Å²) in [5.74, 6) is -1.28. The highest BCUT2D eigenvalue weighted by molar-refractivity contribution is 7.90. The van der Waals surface area contributed by atoms with Crippen LogP contribution in [-0.4, -0.2) is 42.3 Å². The van der Waals surface area contributed by atoms with Gasteiger partial charge < -0.3 is 16.2 Å². The van der Waals surface area contributed by atoms with Crippen LogP contribution in [0.4, 0.5) is 0 Å². The maximum Gasteiger partial charge on any atom is 0.238 e. The predicted molar refractivity (Wildman–Crippen MR) is 126 cm³/mol. The molecule has 0 aliphatic rings. The number of nitrogens with two attached hydrogens (primary N) is 1. The zero-order chi connectivity index (χ0) is 23.0. The number of aliphatic hydroxyl groups is 1. The number of aromatic nitrogens is 1. The van der Waals surface area contributed by atoms with Crippen LogP contribution in [0.2, 0.25) is 0 Å². The lowest BCUT2D eigenvalue weighted by Crippen LogP contribution is -2.50. The quantitative estimate of drug-likeness (QED) is 0.393. The summed E-state index contributed by atoms with van der Waals surface area (Å²) in [6, 6.07) is 16.6. The Hall–Kier alpha value is -2.59. The van der Waals surface area contributed by atoms with Gasteiger partial charge in [-0.2, -0.15) is 0 Å². The molecule has 2 aromatic carbocycles. The molecule has 0 spiro atoms. The van der Waals surface area contributed by atoms with E-state index in [2.05, 4.69) is 10.3 Å². The van der Waals surface area contributed by atoms with Gasteiger partial charge in [0, 0.05) is 11.6 Å². The van der Waals surface area contributed by atoms with Crippen molar-refractivity contribution in [1.29, 1.82) is 0 Å². The highest BCUT2D eigenvalue weighted by Crippen LogP contribution is 2.22. The predicted octanol–water partition coefficient (Wildman–Crippen LogP) is 2.24. The van der Waals surface area contributed by atoms with Crippen LogP contribution >= 0.6 is 11.3 Å². The van der Waals surface area contributed by atoms with E-state index in [-0.39, 0.29) is 5.75 Å². The molecule has 0 fully saturated rings. The molecule has 1 unspecified atom stereocenters. The number of rotatable bonds is 11. The van der Waals surface area contributed by atoms with Gasteiger partial charge in [-0.3, -0.25) is 4.79 Å².